The molecule has 0 radical (unpaired) electrons. The van der Waals surface area contributed by atoms with E-state index in [0.717, 1.165) is 96.3 Å². The van der Waals surface area contributed by atoms with Crippen LogP contribution in [0.3, 0.4) is 0 Å². The van der Waals surface area contributed by atoms with Crippen LogP contribution in [-0.4, -0.2) is 36.4 Å². The average Bonchev–Trinajstić information content (AvgIpc) is 3.28. The first-order chi connectivity index (χ1) is 30.6. The van der Waals surface area contributed by atoms with Gasteiger partial charge in [0.05, 0.1) is 6.61 Å². The quantitative estimate of drug-likeness (QED) is 0.0375. The predicted octanol–water partition coefficient (Wildman–Crippen LogP) is 17.2. The van der Waals surface area contributed by atoms with Gasteiger partial charge < -0.3 is 14.6 Å². The molecule has 0 aliphatic rings. The summed E-state index contributed by atoms with van der Waals surface area (Å²) in [7, 11) is 0. The van der Waals surface area contributed by atoms with Crippen molar-refractivity contribution in [3.05, 3.63) is 97.2 Å². The largest absolute Gasteiger partial charge is 0.462 e. The van der Waals surface area contributed by atoms with Gasteiger partial charge in [-0.05, 0) is 89.9 Å². The van der Waals surface area contributed by atoms with Crippen LogP contribution >= 0.6 is 0 Å². The Morgan fingerprint density at radius 1 is 0.371 bits per heavy atom. The van der Waals surface area contributed by atoms with Crippen LogP contribution in [0.15, 0.2) is 97.2 Å². The molecule has 62 heavy (non-hydrogen) atoms. The van der Waals surface area contributed by atoms with Crippen molar-refractivity contribution in [1.82, 2.24) is 0 Å². The molecular formula is C57H96O5. The molecular weight excluding hydrogens is 765 g/mol. The Bertz CT molecular complexity index is 1200. The van der Waals surface area contributed by atoms with Gasteiger partial charge in [0.1, 0.15) is 6.61 Å². The Morgan fingerprint density at radius 2 is 0.645 bits per heavy atom. The molecule has 0 rings (SSSR count). The van der Waals surface area contributed by atoms with Crippen molar-refractivity contribution in [3.8, 4) is 0 Å². The second-order valence-electron chi connectivity index (χ2n) is 16.8. The summed E-state index contributed by atoms with van der Waals surface area (Å²) in [6.07, 6.45) is 73.6. The zero-order valence-corrected chi connectivity index (χ0v) is 40.4. The molecule has 0 spiro atoms. The van der Waals surface area contributed by atoms with Crippen molar-refractivity contribution in [2.75, 3.05) is 13.2 Å². The molecule has 1 atom stereocenters. The molecule has 0 aromatic carbocycles. The lowest BCUT2D eigenvalue weighted by Crippen LogP contribution is -2.28. The van der Waals surface area contributed by atoms with Crippen LogP contribution in [0.1, 0.15) is 232 Å². The summed E-state index contributed by atoms with van der Waals surface area (Å²) < 4.78 is 10.7. The number of rotatable bonds is 46. The molecule has 0 saturated heterocycles. The maximum Gasteiger partial charge on any atom is 0.306 e. The van der Waals surface area contributed by atoms with Crippen molar-refractivity contribution >= 4 is 11.9 Å². The van der Waals surface area contributed by atoms with Crippen LogP contribution in [0.4, 0.5) is 0 Å². The van der Waals surface area contributed by atoms with E-state index in [-0.39, 0.29) is 25.2 Å². The number of ether oxygens (including phenoxy) is 2. The molecule has 0 amide bonds. The molecule has 0 aliphatic carbocycles. The van der Waals surface area contributed by atoms with E-state index in [2.05, 4.69) is 111 Å². The van der Waals surface area contributed by atoms with E-state index >= 15 is 0 Å². The van der Waals surface area contributed by atoms with Gasteiger partial charge in [-0.3, -0.25) is 9.59 Å². The highest BCUT2D eigenvalue weighted by atomic mass is 16.6. The van der Waals surface area contributed by atoms with E-state index in [1.807, 2.05) is 0 Å². The molecule has 0 aliphatic heterocycles. The van der Waals surface area contributed by atoms with Crippen LogP contribution in [0, 0.1) is 0 Å². The molecule has 0 aromatic rings. The Labute approximate surface area is 383 Å². The number of unbranched alkanes of at least 4 members (excludes halogenated alkanes) is 22. The lowest BCUT2D eigenvalue weighted by molar-refractivity contribution is -0.161. The van der Waals surface area contributed by atoms with E-state index in [0.29, 0.717) is 12.8 Å². The smallest absolute Gasteiger partial charge is 0.306 e. The third kappa shape index (κ3) is 49.5. The molecule has 0 saturated carbocycles. The van der Waals surface area contributed by atoms with Gasteiger partial charge in [0.2, 0.25) is 0 Å². The molecule has 1 unspecified atom stereocenters. The van der Waals surface area contributed by atoms with Crippen LogP contribution < -0.4 is 0 Å². The maximum atomic E-state index is 12.3. The average molecular weight is 861 g/mol. The Hall–Kier alpha value is -3.18. The third-order valence-electron chi connectivity index (χ3n) is 10.9. The second kappa shape index (κ2) is 52.2. The van der Waals surface area contributed by atoms with Crippen LogP contribution in [0.25, 0.3) is 0 Å². The van der Waals surface area contributed by atoms with Crippen molar-refractivity contribution in [3.63, 3.8) is 0 Å². The fraction of sp³-hybridized carbons (Fsp3) is 0.684. The zero-order valence-electron chi connectivity index (χ0n) is 40.4. The second-order valence-corrected chi connectivity index (χ2v) is 16.8. The number of carbonyl (C=O) groups is 2. The van der Waals surface area contributed by atoms with Gasteiger partial charge in [-0.25, -0.2) is 0 Å². The van der Waals surface area contributed by atoms with Crippen LogP contribution in [0.5, 0.6) is 0 Å². The molecule has 5 heteroatoms. The molecule has 0 aromatic heterocycles. The minimum absolute atomic E-state index is 0.0742. The third-order valence-corrected chi connectivity index (χ3v) is 10.9. The van der Waals surface area contributed by atoms with Crippen molar-refractivity contribution in [2.45, 2.75) is 238 Å². The summed E-state index contributed by atoms with van der Waals surface area (Å²) in [5.74, 6) is -0.601. The van der Waals surface area contributed by atoms with Crippen molar-refractivity contribution in [1.29, 1.82) is 0 Å². The highest BCUT2D eigenvalue weighted by molar-refractivity contribution is 5.70. The molecule has 354 valence electrons. The predicted molar refractivity (Wildman–Crippen MR) is 269 cm³/mol. The topological polar surface area (TPSA) is 72.8 Å². The number of allylic oxidation sites excluding steroid dienone is 16. The first kappa shape index (κ1) is 58.8. The highest BCUT2D eigenvalue weighted by Crippen LogP contribution is 2.15. The minimum atomic E-state index is -0.782. The first-order valence-electron chi connectivity index (χ1n) is 25.8. The standard InChI is InChI=1S/C57H96O5/c1-3-5-7-9-11-13-15-17-19-21-23-25-26-27-28-29-30-32-34-36-38-40-42-44-46-48-50-52-57(60)62-55(53-58)54-61-56(59)51-49-47-45-43-41-39-37-35-33-31-24-22-20-18-16-14-12-10-8-6-4-2/h5-8,11-14,17-20,23-25,31,55,58H,3-4,9-10,15-16,21-22,26-30,32-54H2,1-2H3/b7-5-,8-6-,13-11-,14-12-,19-17-,20-18-,25-23-,31-24-. The number of aliphatic hydroxyl groups excluding tert-OH is 1. The zero-order chi connectivity index (χ0) is 44.9. The van der Waals surface area contributed by atoms with E-state index in [9.17, 15) is 14.7 Å². The Kier molecular flexibility index (Phi) is 49.5. The molecule has 5 nitrogen and oxygen atoms in total. The fourth-order valence-electron chi connectivity index (χ4n) is 7.07. The number of carbonyl (C=O) groups excluding carboxylic acids is 2. The van der Waals surface area contributed by atoms with Gasteiger partial charge in [-0.15, -0.1) is 0 Å². The lowest BCUT2D eigenvalue weighted by atomic mass is 10.0. The van der Waals surface area contributed by atoms with Crippen molar-refractivity contribution < 1.29 is 24.2 Å². The van der Waals surface area contributed by atoms with E-state index in [1.165, 1.54) is 109 Å². The first-order valence-corrected chi connectivity index (χ1v) is 25.8. The monoisotopic (exact) mass is 861 g/mol. The Morgan fingerprint density at radius 3 is 0.968 bits per heavy atom. The molecule has 0 fully saturated rings. The highest BCUT2D eigenvalue weighted by Gasteiger charge is 2.16. The normalized spacial score (nSPS) is 13.0. The number of aliphatic hydroxyl groups is 1. The van der Waals surface area contributed by atoms with Crippen LogP contribution in [-0.2, 0) is 19.1 Å². The van der Waals surface area contributed by atoms with E-state index in [1.54, 1.807) is 0 Å². The Balaban J connectivity index is 3.52. The van der Waals surface area contributed by atoms with Crippen molar-refractivity contribution in [2.24, 2.45) is 0 Å². The van der Waals surface area contributed by atoms with Gasteiger partial charge in [0, 0.05) is 12.8 Å². The van der Waals surface area contributed by atoms with Gasteiger partial charge in [-0.2, -0.15) is 0 Å². The van der Waals surface area contributed by atoms with E-state index in [4.69, 9.17) is 9.47 Å². The SMILES string of the molecule is CC/C=C\C/C=C\C/C=C\C/C=C\CCCCCCCCCCCCCCCCC(=O)OC(CO)COC(=O)CCCCCCCCCC/C=C\C/C=C\C/C=C\C/C=C\CC. The number of esters is 2. The molecule has 0 bridgehead atoms. The summed E-state index contributed by atoms with van der Waals surface area (Å²) in [4.78, 5) is 24.5. The lowest BCUT2D eigenvalue weighted by Gasteiger charge is -2.15. The number of hydrogen-bond donors (Lipinski definition) is 1. The summed E-state index contributed by atoms with van der Waals surface area (Å²) in [5.41, 5.74) is 0. The van der Waals surface area contributed by atoms with Gasteiger partial charge in [-0.1, -0.05) is 227 Å². The fourth-order valence-corrected chi connectivity index (χ4v) is 7.07. The summed E-state index contributed by atoms with van der Waals surface area (Å²) in [6.45, 7) is 3.92. The maximum absolute atomic E-state index is 12.3. The van der Waals surface area contributed by atoms with E-state index < -0.39 is 6.10 Å². The number of hydrogen-bond acceptors (Lipinski definition) is 5. The van der Waals surface area contributed by atoms with Crippen LogP contribution in [0.2, 0.25) is 0 Å². The minimum Gasteiger partial charge on any atom is -0.462 e. The van der Waals surface area contributed by atoms with Gasteiger partial charge in [0.15, 0.2) is 6.10 Å². The van der Waals surface area contributed by atoms with Gasteiger partial charge in [0.25, 0.3) is 0 Å². The molecule has 1 N–H and O–H groups in total. The summed E-state index contributed by atoms with van der Waals surface area (Å²) in [5, 5.41) is 9.63. The summed E-state index contributed by atoms with van der Waals surface area (Å²) >= 11 is 0. The molecule has 0 heterocycles. The van der Waals surface area contributed by atoms with Gasteiger partial charge >= 0.3 is 11.9 Å². The summed E-state index contributed by atoms with van der Waals surface area (Å²) in [6, 6.07) is 0.